The molecule has 13 heteroatoms. The van der Waals surface area contributed by atoms with Crippen LogP contribution in [0.15, 0.2) is 33.4 Å². The van der Waals surface area contributed by atoms with E-state index in [9.17, 15) is 19.2 Å². The molecule has 40 heavy (non-hydrogen) atoms. The SMILES string of the molecule is CCSS/C(CCOC(=O)CCC(=O)OC1CCC(N(C)C(=O)c2ccc3nonc3c2)CC1)=C(\C)N(C)C=O. The fourth-order valence-corrected chi connectivity index (χ4v) is 6.39. The molecule has 0 N–H and O–H groups in total. The molecule has 0 radical (unpaired) electrons. The van der Waals surface area contributed by atoms with E-state index in [2.05, 4.69) is 10.3 Å². The average molecular weight is 593 g/mol. The molecular weight excluding hydrogens is 556 g/mol. The maximum atomic E-state index is 13.0. The van der Waals surface area contributed by atoms with E-state index in [4.69, 9.17) is 14.1 Å². The fraction of sp³-hybridized carbons (Fsp3) is 0.556. The summed E-state index contributed by atoms with van der Waals surface area (Å²) in [7, 11) is 6.68. The van der Waals surface area contributed by atoms with Gasteiger partial charge < -0.3 is 19.3 Å². The molecule has 0 unspecified atom stereocenters. The topological polar surface area (TPSA) is 132 Å². The number of carbonyl (C=O) groups excluding carboxylic acids is 4. The molecule has 2 amide bonds. The van der Waals surface area contributed by atoms with Crippen LogP contribution in [-0.2, 0) is 23.9 Å². The minimum Gasteiger partial charge on any atom is -0.465 e. The lowest BCUT2D eigenvalue weighted by Gasteiger charge is -2.34. The number of benzene rings is 1. The Kier molecular flexibility index (Phi) is 12.3. The first-order valence-corrected chi connectivity index (χ1v) is 15.6. The maximum Gasteiger partial charge on any atom is 0.306 e. The van der Waals surface area contributed by atoms with E-state index in [1.165, 1.54) is 4.90 Å². The number of rotatable bonds is 14. The molecule has 3 rings (SSSR count). The molecule has 1 aliphatic rings. The maximum absolute atomic E-state index is 13.0. The Morgan fingerprint density at radius 3 is 2.45 bits per heavy atom. The molecule has 1 fully saturated rings. The lowest BCUT2D eigenvalue weighted by molar-refractivity contribution is -0.155. The van der Waals surface area contributed by atoms with E-state index in [1.54, 1.807) is 58.8 Å². The summed E-state index contributed by atoms with van der Waals surface area (Å²) in [5, 5.41) is 7.55. The summed E-state index contributed by atoms with van der Waals surface area (Å²) in [6.07, 6.45) is 3.59. The van der Waals surface area contributed by atoms with Crippen LogP contribution in [0.4, 0.5) is 0 Å². The molecule has 11 nitrogen and oxygen atoms in total. The summed E-state index contributed by atoms with van der Waals surface area (Å²) < 4.78 is 15.6. The predicted octanol–water partition coefficient (Wildman–Crippen LogP) is 4.58. The van der Waals surface area contributed by atoms with Crippen LogP contribution in [0.2, 0.25) is 0 Å². The highest BCUT2D eigenvalue weighted by Crippen LogP contribution is 2.34. The Morgan fingerprint density at radius 1 is 1.05 bits per heavy atom. The Balaban J connectivity index is 1.36. The monoisotopic (exact) mass is 592 g/mol. The summed E-state index contributed by atoms with van der Waals surface area (Å²) in [4.78, 5) is 52.7. The molecule has 218 valence electrons. The Bertz CT molecular complexity index is 1210. The van der Waals surface area contributed by atoms with Crippen LogP contribution < -0.4 is 0 Å². The number of ether oxygens (including phenoxy) is 2. The van der Waals surface area contributed by atoms with Gasteiger partial charge in [0, 0.05) is 48.5 Å². The van der Waals surface area contributed by atoms with Crippen molar-refractivity contribution in [3.05, 3.63) is 34.4 Å². The zero-order chi connectivity index (χ0) is 29.1. The lowest BCUT2D eigenvalue weighted by atomic mass is 9.91. The highest BCUT2D eigenvalue weighted by molar-refractivity contribution is 8.78. The van der Waals surface area contributed by atoms with Crippen LogP contribution in [-0.4, -0.2) is 83.0 Å². The summed E-state index contributed by atoms with van der Waals surface area (Å²) in [5.41, 5.74) is 2.45. The van der Waals surface area contributed by atoms with E-state index in [0.29, 0.717) is 48.7 Å². The van der Waals surface area contributed by atoms with E-state index in [1.807, 2.05) is 13.8 Å². The first-order chi connectivity index (χ1) is 19.2. The van der Waals surface area contributed by atoms with Gasteiger partial charge in [-0.1, -0.05) is 28.5 Å². The van der Waals surface area contributed by atoms with Gasteiger partial charge in [-0.2, -0.15) is 0 Å². The second-order valence-corrected chi connectivity index (χ2v) is 12.2. The van der Waals surface area contributed by atoms with E-state index in [-0.39, 0.29) is 37.5 Å². The van der Waals surface area contributed by atoms with Crippen LogP contribution in [0.1, 0.15) is 69.2 Å². The van der Waals surface area contributed by atoms with Gasteiger partial charge in [0.25, 0.3) is 5.91 Å². The molecule has 0 aliphatic heterocycles. The van der Waals surface area contributed by atoms with Crippen molar-refractivity contribution in [2.24, 2.45) is 0 Å². The second-order valence-electron chi connectivity index (χ2n) is 9.49. The first kappa shape index (κ1) is 31.5. The van der Waals surface area contributed by atoms with Gasteiger partial charge in [0.1, 0.15) is 17.1 Å². The van der Waals surface area contributed by atoms with Gasteiger partial charge in [0.2, 0.25) is 6.41 Å². The molecule has 1 aliphatic carbocycles. The number of hydrogen-bond acceptors (Lipinski definition) is 11. The number of fused-ring (bicyclic) bond motifs is 1. The third kappa shape index (κ3) is 8.98. The number of amides is 2. The van der Waals surface area contributed by atoms with Gasteiger partial charge in [-0.3, -0.25) is 19.2 Å². The van der Waals surface area contributed by atoms with Crippen LogP contribution in [0.25, 0.3) is 11.0 Å². The molecule has 1 aromatic heterocycles. The van der Waals surface area contributed by atoms with Crippen molar-refractivity contribution in [2.45, 2.75) is 70.9 Å². The van der Waals surface area contributed by atoms with E-state index >= 15 is 0 Å². The van der Waals surface area contributed by atoms with Crippen molar-refractivity contribution in [3.8, 4) is 0 Å². The zero-order valence-corrected chi connectivity index (χ0v) is 24.9. The summed E-state index contributed by atoms with van der Waals surface area (Å²) in [5.74, 6) is -0.100. The Morgan fingerprint density at radius 2 is 1.75 bits per heavy atom. The first-order valence-electron chi connectivity index (χ1n) is 13.2. The second kappa shape index (κ2) is 15.7. The molecule has 0 bridgehead atoms. The summed E-state index contributed by atoms with van der Waals surface area (Å²) in [6.45, 7) is 4.06. The number of hydrogen-bond donors (Lipinski definition) is 0. The van der Waals surface area contributed by atoms with Gasteiger partial charge in [-0.25, -0.2) is 4.63 Å². The number of nitrogens with zero attached hydrogens (tertiary/aromatic N) is 4. The fourth-order valence-electron chi connectivity index (χ4n) is 4.30. The number of aromatic nitrogens is 2. The zero-order valence-electron chi connectivity index (χ0n) is 23.3. The third-order valence-electron chi connectivity index (χ3n) is 6.80. The normalized spacial score (nSPS) is 17.6. The lowest BCUT2D eigenvalue weighted by Crippen LogP contribution is -2.41. The molecule has 1 heterocycles. The third-order valence-corrected chi connectivity index (χ3v) is 9.52. The highest BCUT2D eigenvalue weighted by Gasteiger charge is 2.29. The van der Waals surface area contributed by atoms with E-state index in [0.717, 1.165) is 22.8 Å². The number of esters is 2. The highest BCUT2D eigenvalue weighted by atomic mass is 33.1. The van der Waals surface area contributed by atoms with Crippen LogP contribution in [0.5, 0.6) is 0 Å². The van der Waals surface area contributed by atoms with Crippen molar-refractivity contribution in [2.75, 3.05) is 26.5 Å². The predicted molar refractivity (Wildman–Crippen MR) is 153 cm³/mol. The van der Waals surface area contributed by atoms with Gasteiger partial charge in [-0.15, -0.1) is 0 Å². The van der Waals surface area contributed by atoms with Crippen molar-refractivity contribution < 1.29 is 33.3 Å². The average Bonchev–Trinajstić information content (AvgIpc) is 3.44. The molecule has 1 aromatic carbocycles. The molecule has 2 aromatic rings. The quantitative estimate of drug-likeness (QED) is 0.173. The minimum atomic E-state index is -0.464. The van der Waals surface area contributed by atoms with Crippen molar-refractivity contribution in [3.63, 3.8) is 0 Å². The smallest absolute Gasteiger partial charge is 0.306 e. The Hall–Kier alpha value is -3.06. The standard InChI is InChI=1S/C27H36N4O7S2/c1-5-39-40-24(18(2)30(3)17-32)14-15-36-25(33)12-13-26(34)37-21-9-7-20(8-10-21)31(4)27(35)19-6-11-22-23(16-19)29-38-28-22/h6,11,16-17,20-21H,5,7-10,12-15H2,1-4H3/b24-18+. The van der Waals surface area contributed by atoms with Gasteiger partial charge in [0.15, 0.2) is 0 Å². The summed E-state index contributed by atoms with van der Waals surface area (Å²) in [6, 6.07) is 5.11. The van der Waals surface area contributed by atoms with Gasteiger partial charge in [0.05, 0.1) is 19.4 Å². The van der Waals surface area contributed by atoms with Crippen LogP contribution in [0, 0.1) is 0 Å². The van der Waals surface area contributed by atoms with Crippen LogP contribution in [0.3, 0.4) is 0 Å². The molecule has 1 saturated carbocycles. The van der Waals surface area contributed by atoms with Crippen molar-refractivity contribution >= 4 is 56.9 Å². The van der Waals surface area contributed by atoms with Gasteiger partial charge in [-0.05, 0) is 61.1 Å². The van der Waals surface area contributed by atoms with Crippen molar-refractivity contribution in [1.82, 2.24) is 20.1 Å². The Labute approximate surface area is 241 Å². The number of allylic oxidation sites excluding steroid dienone is 1. The molecule has 0 saturated heterocycles. The van der Waals surface area contributed by atoms with Gasteiger partial charge >= 0.3 is 11.9 Å². The molecule has 0 spiro atoms. The summed E-state index contributed by atoms with van der Waals surface area (Å²) >= 11 is 0. The largest absolute Gasteiger partial charge is 0.465 e. The van der Waals surface area contributed by atoms with Crippen LogP contribution >= 0.6 is 21.6 Å². The van der Waals surface area contributed by atoms with E-state index < -0.39 is 11.9 Å². The molecule has 0 atom stereocenters. The minimum absolute atomic E-state index is 0.0337. The van der Waals surface area contributed by atoms with Crippen molar-refractivity contribution in [1.29, 1.82) is 0 Å². The molecular formula is C27H36N4O7S2. The number of carbonyl (C=O) groups is 4.